The molecule has 6 heteroatoms. The van der Waals surface area contributed by atoms with Gasteiger partial charge in [0.25, 0.3) is 0 Å². The fourth-order valence-electron chi connectivity index (χ4n) is 2.03. The van der Waals surface area contributed by atoms with E-state index >= 15 is 0 Å². The first-order valence-corrected chi connectivity index (χ1v) is 8.18. The van der Waals surface area contributed by atoms with Crippen LogP contribution in [0, 0.1) is 0 Å². The SMILES string of the molecule is COc1cccc(/C=N/Sc2nc3ccccc3s2)c1OC. The highest BCUT2D eigenvalue weighted by molar-refractivity contribution is 8.00. The molecule has 0 unspecified atom stereocenters. The Morgan fingerprint density at radius 2 is 1.95 bits per heavy atom. The summed E-state index contributed by atoms with van der Waals surface area (Å²) in [6, 6.07) is 13.8. The van der Waals surface area contributed by atoms with Crippen molar-refractivity contribution in [2.75, 3.05) is 14.2 Å². The number of aromatic nitrogens is 1. The summed E-state index contributed by atoms with van der Waals surface area (Å²) in [5.74, 6) is 1.37. The Hall–Kier alpha value is -2.05. The minimum absolute atomic E-state index is 0.679. The molecule has 0 bridgehead atoms. The molecule has 3 aromatic rings. The van der Waals surface area contributed by atoms with Crippen LogP contribution in [0.1, 0.15) is 5.56 Å². The van der Waals surface area contributed by atoms with Crippen LogP contribution >= 0.6 is 23.3 Å². The fourth-order valence-corrected chi connectivity index (χ4v) is 3.67. The van der Waals surface area contributed by atoms with Crippen molar-refractivity contribution < 1.29 is 9.47 Å². The van der Waals surface area contributed by atoms with Crippen LogP contribution in [0.5, 0.6) is 11.5 Å². The second-order valence-electron chi connectivity index (χ2n) is 4.36. The van der Waals surface area contributed by atoms with Crippen molar-refractivity contribution in [1.29, 1.82) is 0 Å². The minimum Gasteiger partial charge on any atom is -0.493 e. The van der Waals surface area contributed by atoms with Gasteiger partial charge in [-0.1, -0.05) is 18.2 Å². The number of hydrogen-bond donors (Lipinski definition) is 0. The molecule has 0 amide bonds. The molecule has 1 heterocycles. The summed E-state index contributed by atoms with van der Waals surface area (Å²) in [6.07, 6.45) is 1.76. The lowest BCUT2D eigenvalue weighted by Gasteiger charge is -2.09. The predicted molar refractivity (Wildman–Crippen MR) is 92.6 cm³/mol. The third kappa shape index (κ3) is 3.08. The quantitative estimate of drug-likeness (QED) is 0.512. The average Bonchev–Trinajstić information content (AvgIpc) is 2.97. The van der Waals surface area contributed by atoms with Gasteiger partial charge in [0.05, 0.1) is 24.4 Å². The molecule has 0 aliphatic heterocycles. The van der Waals surface area contributed by atoms with Crippen molar-refractivity contribution in [3.05, 3.63) is 48.0 Å². The number of para-hydroxylation sites is 2. The van der Waals surface area contributed by atoms with Gasteiger partial charge in [-0.05, 0) is 24.3 Å². The topological polar surface area (TPSA) is 43.7 Å². The predicted octanol–water partition coefficient (Wildman–Crippen LogP) is 4.44. The number of benzene rings is 2. The highest BCUT2D eigenvalue weighted by atomic mass is 32.2. The molecule has 1 aromatic heterocycles. The Morgan fingerprint density at radius 1 is 1.09 bits per heavy atom. The van der Waals surface area contributed by atoms with E-state index in [1.807, 2.05) is 36.4 Å². The maximum atomic E-state index is 5.38. The van der Waals surface area contributed by atoms with E-state index in [2.05, 4.69) is 15.4 Å². The highest BCUT2D eigenvalue weighted by Crippen LogP contribution is 2.32. The largest absolute Gasteiger partial charge is 0.493 e. The van der Waals surface area contributed by atoms with E-state index in [4.69, 9.17) is 9.47 Å². The van der Waals surface area contributed by atoms with Crippen LogP contribution in [-0.2, 0) is 0 Å². The van der Waals surface area contributed by atoms with Crippen molar-refractivity contribution in [1.82, 2.24) is 4.98 Å². The van der Waals surface area contributed by atoms with Crippen molar-refractivity contribution in [2.45, 2.75) is 4.34 Å². The zero-order chi connectivity index (χ0) is 15.4. The maximum Gasteiger partial charge on any atom is 0.173 e. The minimum atomic E-state index is 0.679. The van der Waals surface area contributed by atoms with Gasteiger partial charge in [0.2, 0.25) is 0 Å². The van der Waals surface area contributed by atoms with E-state index in [9.17, 15) is 0 Å². The van der Waals surface area contributed by atoms with Crippen LogP contribution in [-0.4, -0.2) is 25.4 Å². The monoisotopic (exact) mass is 330 g/mol. The Balaban J connectivity index is 1.80. The molecule has 0 atom stereocenters. The summed E-state index contributed by atoms with van der Waals surface area (Å²) in [6.45, 7) is 0. The molecular formula is C16H14N2O2S2. The van der Waals surface area contributed by atoms with Gasteiger partial charge in [-0.25, -0.2) is 9.38 Å². The first kappa shape index (κ1) is 14.9. The summed E-state index contributed by atoms with van der Waals surface area (Å²) in [7, 11) is 3.24. The Labute approximate surface area is 137 Å². The molecule has 0 aliphatic carbocycles. The summed E-state index contributed by atoms with van der Waals surface area (Å²) in [4.78, 5) is 4.53. The van der Waals surface area contributed by atoms with Crippen molar-refractivity contribution in [3.8, 4) is 11.5 Å². The van der Waals surface area contributed by atoms with Crippen LogP contribution in [0.15, 0.2) is 51.2 Å². The first-order chi connectivity index (χ1) is 10.8. The van der Waals surface area contributed by atoms with Gasteiger partial charge in [-0.3, -0.25) is 0 Å². The van der Waals surface area contributed by atoms with E-state index in [0.717, 1.165) is 15.4 Å². The van der Waals surface area contributed by atoms with Gasteiger partial charge in [0.15, 0.2) is 15.8 Å². The molecule has 4 nitrogen and oxygen atoms in total. The molecular weight excluding hydrogens is 316 g/mol. The van der Waals surface area contributed by atoms with E-state index in [-0.39, 0.29) is 0 Å². The highest BCUT2D eigenvalue weighted by Gasteiger charge is 2.08. The Morgan fingerprint density at radius 3 is 2.73 bits per heavy atom. The van der Waals surface area contributed by atoms with E-state index in [1.54, 1.807) is 31.8 Å². The molecule has 112 valence electrons. The number of rotatable bonds is 5. The standard InChI is InChI=1S/C16H14N2O2S2/c1-19-13-8-5-6-11(15(13)20-2)10-17-22-16-18-12-7-3-4-9-14(12)21-16/h3-10H,1-2H3/b17-10+. The van der Waals surface area contributed by atoms with Gasteiger partial charge in [-0.2, -0.15) is 0 Å². The van der Waals surface area contributed by atoms with Crippen molar-refractivity contribution in [2.24, 2.45) is 4.40 Å². The molecule has 0 saturated carbocycles. The zero-order valence-corrected chi connectivity index (χ0v) is 13.8. The molecule has 2 aromatic carbocycles. The zero-order valence-electron chi connectivity index (χ0n) is 12.1. The number of ether oxygens (including phenoxy) is 2. The lowest BCUT2D eigenvalue weighted by atomic mass is 10.2. The summed E-state index contributed by atoms with van der Waals surface area (Å²) in [5, 5.41) is 0. The molecule has 0 fully saturated rings. The van der Waals surface area contributed by atoms with Crippen molar-refractivity contribution >= 4 is 39.7 Å². The van der Waals surface area contributed by atoms with Crippen LogP contribution in [0.3, 0.4) is 0 Å². The smallest absolute Gasteiger partial charge is 0.173 e. The van der Waals surface area contributed by atoms with E-state index < -0.39 is 0 Å². The molecule has 0 saturated heterocycles. The molecule has 0 N–H and O–H groups in total. The second-order valence-corrected chi connectivity index (χ2v) is 6.43. The number of methoxy groups -OCH3 is 2. The average molecular weight is 330 g/mol. The number of hydrogen-bond acceptors (Lipinski definition) is 6. The maximum absolute atomic E-state index is 5.38. The van der Waals surface area contributed by atoms with E-state index in [0.29, 0.717) is 11.5 Å². The molecule has 0 spiro atoms. The Bertz CT molecular complexity index is 782. The lowest BCUT2D eigenvalue weighted by Crippen LogP contribution is -1.94. The molecule has 0 aliphatic rings. The normalized spacial score (nSPS) is 11.2. The van der Waals surface area contributed by atoms with E-state index in [1.165, 1.54) is 16.6 Å². The summed E-state index contributed by atoms with van der Waals surface area (Å²) in [5.41, 5.74) is 1.87. The van der Waals surface area contributed by atoms with Gasteiger partial charge < -0.3 is 9.47 Å². The van der Waals surface area contributed by atoms with Crippen LogP contribution in [0.25, 0.3) is 10.2 Å². The molecule has 3 rings (SSSR count). The van der Waals surface area contributed by atoms with Crippen LogP contribution < -0.4 is 9.47 Å². The van der Waals surface area contributed by atoms with Crippen LogP contribution in [0.4, 0.5) is 0 Å². The van der Waals surface area contributed by atoms with Gasteiger partial charge in [-0.15, -0.1) is 11.3 Å². The third-order valence-corrected chi connectivity index (χ3v) is 4.79. The fraction of sp³-hybridized carbons (Fsp3) is 0.125. The third-order valence-electron chi connectivity index (χ3n) is 3.03. The first-order valence-electron chi connectivity index (χ1n) is 6.59. The molecule has 22 heavy (non-hydrogen) atoms. The summed E-state index contributed by atoms with van der Waals surface area (Å²) < 4.78 is 17.1. The number of fused-ring (bicyclic) bond motifs is 1. The lowest BCUT2D eigenvalue weighted by molar-refractivity contribution is 0.354. The number of thiazole rings is 1. The second kappa shape index (κ2) is 6.81. The number of nitrogens with zero attached hydrogens (tertiary/aromatic N) is 2. The summed E-state index contributed by atoms with van der Waals surface area (Å²) >= 11 is 2.99. The Kier molecular flexibility index (Phi) is 4.60. The van der Waals surface area contributed by atoms with Crippen LogP contribution in [0.2, 0.25) is 0 Å². The van der Waals surface area contributed by atoms with Crippen molar-refractivity contribution in [3.63, 3.8) is 0 Å². The van der Waals surface area contributed by atoms with Gasteiger partial charge >= 0.3 is 0 Å². The van der Waals surface area contributed by atoms with Gasteiger partial charge in [0, 0.05) is 23.7 Å². The molecule has 0 radical (unpaired) electrons. The van der Waals surface area contributed by atoms with Gasteiger partial charge in [0.1, 0.15) is 0 Å².